The van der Waals surface area contributed by atoms with Crippen molar-refractivity contribution in [2.24, 2.45) is 5.73 Å². The van der Waals surface area contributed by atoms with Gasteiger partial charge in [-0.05, 0) is 29.7 Å². The Morgan fingerprint density at radius 3 is 2.37 bits per heavy atom. The van der Waals surface area contributed by atoms with Gasteiger partial charge in [0, 0.05) is 28.6 Å². The first-order chi connectivity index (χ1) is 13.0. The van der Waals surface area contributed by atoms with Crippen molar-refractivity contribution in [2.45, 2.75) is 25.0 Å². The predicted octanol–water partition coefficient (Wildman–Crippen LogP) is 6.19. The maximum absolute atomic E-state index is 6.46. The number of hydrogen-bond donors (Lipinski definition) is 1. The van der Waals surface area contributed by atoms with Crippen molar-refractivity contribution in [3.8, 4) is 16.9 Å². The molecule has 4 rings (SSSR count). The lowest BCUT2D eigenvalue weighted by molar-refractivity contribution is 0.199. The Balaban J connectivity index is 1.63. The minimum atomic E-state index is -0.108. The van der Waals surface area contributed by atoms with Crippen LogP contribution < -0.4 is 10.5 Å². The molecule has 1 aliphatic rings. The van der Waals surface area contributed by atoms with Gasteiger partial charge in [-0.2, -0.15) is 0 Å². The van der Waals surface area contributed by atoms with Crippen LogP contribution in [0.1, 0.15) is 11.1 Å². The third-order valence-corrected chi connectivity index (χ3v) is 5.67. The van der Waals surface area contributed by atoms with Gasteiger partial charge in [-0.3, -0.25) is 0 Å². The average Bonchev–Trinajstić information content (AvgIpc) is 3.07. The first kappa shape index (κ1) is 18.6. The van der Waals surface area contributed by atoms with Gasteiger partial charge in [-0.1, -0.05) is 83.3 Å². The Morgan fingerprint density at radius 2 is 1.67 bits per heavy atom. The molecule has 138 valence electrons. The van der Waals surface area contributed by atoms with E-state index < -0.39 is 0 Å². The van der Waals surface area contributed by atoms with Gasteiger partial charge < -0.3 is 10.5 Å². The van der Waals surface area contributed by atoms with Crippen molar-refractivity contribution in [3.63, 3.8) is 0 Å². The van der Waals surface area contributed by atoms with Crippen molar-refractivity contribution >= 4 is 34.8 Å². The van der Waals surface area contributed by atoms with Crippen LogP contribution in [0, 0.1) is 0 Å². The van der Waals surface area contributed by atoms with Crippen molar-refractivity contribution in [1.82, 2.24) is 0 Å². The van der Waals surface area contributed by atoms with Crippen molar-refractivity contribution in [1.29, 1.82) is 0 Å². The highest BCUT2D eigenvalue weighted by molar-refractivity contribution is 6.42. The van der Waals surface area contributed by atoms with Crippen LogP contribution in [-0.2, 0) is 12.8 Å². The van der Waals surface area contributed by atoms with E-state index in [1.807, 2.05) is 30.3 Å². The van der Waals surface area contributed by atoms with Crippen molar-refractivity contribution in [3.05, 3.63) is 86.9 Å². The molecule has 1 heterocycles. The lowest BCUT2D eigenvalue weighted by Gasteiger charge is -2.20. The van der Waals surface area contributed by atoms with Crippen molar-refractivity contribution in [2.75, 3.05) is 0 Å². The van der Waals surface area contributed by atoms with E-state index in [-0.39, 0.29) is 12.1 Å². The number of fused-ring (bicyclic) bond motifs is 1. The minimum Gasteiger partial charge on any atom is -0.488 e. The molecule has 27 heavy (non-hydrogen) atoms. The predicted molar refractivity (Wildman–Crippen MR) is 113 cm³/mol. The summed E-state index contributed by atoms with van der Waals surface area (Å²) in [6.45, 7) is 0. The molecule has 2 N–H and O–H groups in total. The minimum absolute atomic E-state index is 0.0915. The molecule has 5 heteroatoms. The van der Waals surface area contributed by atoms with Gasteiger partial charge in [0.25, 0.3) is 0 Å². The van der Waals surface area contributed by atoms with Crippen molar-refractivity contribution < 1.29 is 4.74 Å². The van der Waals surface area contributed by atoms with Crippen LogP contribution in [0.15, 0.2) is 60.7 Å². The SMILES string of the molecule is NC(Cc1ccccc1)C1Cc2cccc(-c3c(Cl)cc(Cl)cc3Cl)c2O1. The zero-order valence-electron chi connectivity index (χ0n) is 14.5. The van der Waals surface area contributed by atoms with Crippen LogP contribution in [-0.4, -0.2) is 12.1 Å². The molecule has 0 radical (unpaired) electrons. The number of hydrogen-bond acceptors (Lipinski definition) is 2. The van der Waals surface area contributed by atoms with Crippen LogP contribution >= 0.6 is 34.8 Å². The smallest absolute Gasteiger partial charge is 0.131 e. The van der Waals surface area contributed by atoms with Gasteiger partial charge >= 0.3 is 0 Å². The Morgan fingerprint density at radius 1 is 0.963 bits per heavy atom. The summed E-state index contributed by atoms with van der Waals surface area (Å²) in [7, 11) is 0. The van der Waals surface area contributed by atoms with Gasteiger partial charge in [-0.25, -0.2) is 0 Å². The number of halogens is 3. The van der Waals surface area contributed by atoms with E-state index in [4.69, 9.17) is 45.3 Å². The standard InChI is InChI=1S/C22H18Cl3NO/c23-15-11-17(24)21(18(25)12-15)16-8-4-7-14-10-20(27-22(14)16)19(26)9-13-5-2-1-3-6-13/h1-8,11-12,19-20H,9-10,26H2. The third-order valence-electron chi connectivity index (χ3n) is 4.85. The van der Waals surface area contributed by atoms with Crippen LogP contribution in [0.2, 0.25) is 15.1 Å². The van der Waals surface area contributed by atoms with Gasteiger partial charge in [0.15, 0.2) is 0 Å². The highest BCUT2D eigenvalue weighted by atomic mass is 35.5. The van der Waals surface area contributed by atoms with Gasteiger partial charge in [0.1, 0.15) is 11.9 Å². The van der Waals surface area contributed by atoms with E-state index in [0.717, 1.165) is 35.3 Å². The maximum atomic E-state index is 6.46. The van der Waals surface area contributed by atoms with Crippen LogP contribution in [0.5, 0.6) is 5.75 Å². The fraction of sp³-hybridized carbons (Fsp3) is 0.182. The topological polar surface area (TPSA) is 35.2 Å². The summed E-state index contributed by atoms with van der Waals surface area (Å²) in [5.74, 6) is 0.803. The molecule has 0 saturated carbocycles. The summed E-state index contributed by atoms with van der Waals surface area (Å²) in [4.78, 5) is 0. The lowest BCUT2D eigenvalue weighted by Crippen LogP contribution is -2.39. The van der Waals surface area contributed by atoms with Crippen LogP contribution in [0.4, 0.5) is 0 Å². The molecule has 2 nitrogen and oxygen atoms in total. The Labute approximate surface area is 173 Å². The highest BCUT2D eigenvalue weighted by Gasteiger charge is 2.31. The Hall–Kier alpha value is -1.71. The normalized spacial score (nSPS) is 16.7. The molecule has 0 saturated heterocycles. The first-order valence-electron chi connectivity index (χ1n) is 8.76. The summed E-state index contributed by atoms with van der Waals surface area (Å²) < 4.78 is 6.29. The van der Waals surface area contributed by atoms with E-state index in [1.165, 1.54) is 5.56 Å². The van der Waals surface area contributed by atoms with E-state index in [9.17, 15) is 0 Å². The second kappa shape index (κ2) is 7.73. The summed E-state index contributed by atoms with van der Waals surface area (Å²) in [6, 6.07) is 19.5. The second-order valence-corrected chi connectivity index (χ2v) is 8.00. The Bertz CT molecular complexity index is 952. The zero-order chi connectivity index (χ0) is 19.0. The molecule has 0 fully saturated rings. The molecule has 1 aliphatic heterocycles. The quantitative estimate of drug-likeness (QED) is 0.548. The number of benzene rings is 3. The second-order valence-electron chi connectivity index (χ2n) is 6.75. The number of rotatable bonds is 4. The van der Waals surface area contributed by atoms with Crippen LogP contribution in [0.25, 0.3) is 11.1 Å². The molecule has 2 atom stereocenters. The molecule has 0 bridgehead atoms. The average molecular weight is 419 g/mol. The van der Waals surface area contributed by atoms with E-state index in [2.05, 4.69) is 18.2 Å². The van der Waals surface area contributed by atoms with E-state index in [1.54, 1.807) is 12.1 Å². The molecular formula is C22H18Cl3NO. The molecule has 3 aromatic rings. The maximum Gasteiger partial charge on any atom is 0.131 e. The Kier molecular flexibility index (Phi) is 5.34. The molecule has 2 unspecified atom stereocenters. The fourth-order valence-corrected chi connectivity index (χ4v) is 4.57. The first-order valence-corrected chi connectivity index (χ1v) is 9.89. The molecule has 0 spiro atoms. The molecule has 0 aliphatic carbocycles. The fourth-order valence-electron chi connectivity index (χ4n) is 3.55. The number of ether oxygens (including phenoxy) is 1. The summed E-state index contributed by atoms with van der Waals surface area (Å²) >= 11 is 18.9. The van der Waals surface area contributed by atoms with Gasteiger partial charge in [0.2, 0.25) is 0 Å². The van der Waals surface area contributed by atoms with Gasteiger partial charge in [-0.15, -0.1) is 0 Å². The van der Waals surface area contributed by atoms with Gasteiger partial charge in [0.05, 0.1) is 10.0 Å². The highest BCUT2D eigenvalue weighted by Crippen LogP contribution is 2.45. The third kappa shape index (κ3) is 3.81. The lowest BCUT2D eigenvalue weighted by atomic mass is 9.97. The zero-order valence-corrected chi connectivity index (χ0v) is 16.7. The van der Waals surface area contributed by atoms with Crippen LogP contribution in [0.3, 0.4) is 0 Å². The molecule has 3 aromatic carbocycles. The summed E-state index contributed by atoms with van der Waals surface area (Å²) in [5.41, 5.74) is 10.4. The number of nitrogens with two attached hydrogens (primary N) is 1. The number of para-hydroxylation sites is 1. The van der Waals surface area contributed by atoms with E-state index >= 15 is 0 Å². The molecular weight excluding hydrogens is 401 g/mol. The molecule has 0 aromatic heterocycles. The summed E-state index contributed by atoms with van der Waals surface area (Å²) in [6.07, 6.45) is 1.43. The molecule has 0 amide bonds. The largest absolute Gasteiger partial charge is 0.488 e. The monoisotopic (exact) mass is 417 g/mol. The van der Waals surface area contributed by atoms with E-state index in [0.29, 0.717) is 15.1 Å². The summed E-state index contributed by atoms with van der Waals surface area (Å²) in [5, 5.41) is 1.51.